The van der Waals surface area contributed by atoms with E-state index in [1.54, 1.807) is 0 Å². The first-order valence-corrected chi connectivity index (χ1v) is 8.17. The van der Waals surface area contributed by atoms with E-state index in [0.29, 0.717) is 0 Å². The number of hydrogen-bond acceptors (Lipinski definition) is 1. The van der Waals surface area contributed by atoms with E-state index in [1.165, 1.54) is 43.2 Å². The van der Waals surface area contributed by atoms with Gasteiger partial charge in [0.2, 0.25) is 8.32 Å². The molecule has 76 valence electrons. The largest absolute Gasteiger partial charge is 0.547 e. The lowest BCUT2D eigenvalue weighted by molar-refractivity contribution is 0.392. The highest BCUT2D eigenvalue weighted by Crippen LogP contribution is 2.29. The highest BCUT2D eigenvalue weighted by atomic mass is 28.4. The maximum Gasteiger partial charge on any atom is 0.250 e. The SMILES string of the molecule is CC[Si](CC)(CC)OC1=CCCC1. The van der Waals surface area contributed by atoms with Crippen molar-refractivity contribution in [3.63, 3.8) is 0 Å². The molecule has 0 aliphatic heterocycles. The van der Waals surface area contributed by atoms with Crippen LogP contribution in [0.3, 0.4) is 0 Å². The summed E-state index contributed by atoms with van der Waals surface area (Å²) in [4.78, 5) is 0. The third kappa shape index (κ3) is 2.60. The first-order valence-electron chi connectivity index (χ1n) is 5.64. The van der Waals surface area contributed by atoms with Gasteiger partial charge in [-0.25, -0.2) is 0 Å². The highest BCUT2D eigenvalue weighted by Gasteiger charge is 2.31. The zero-order chi connectivity index (χ0) is 9.73. The Hall–Kier alpha value is -0.243. The topological polar surface area (TPSA) is 9.23 Å². The third-order valence-electron chi connectivity index (χ3n) is 3.28. The molecule has 0 unspecified atom stereocenters. The molecule has 1 aliphatic rings. The molecule has 0 heterocycles. The van der Waals surface area contributed by atoms with Crippen LogP contribution in [-0.2, 0) is 4.43 Å². The van der Waals surface area contributed by atoms with Crippen LogP contribution in [-0.4, -0.2) is 8.32 Å². The molecular formula is C11H22OSi. The molecule has 0 atom stereocenters. The molecule has 0 saturated carbocycles. The molecule has 0 aromatic heterocycles. The minimum Gasteiger partial charge on any atom is -0.547 e. The van der Waals surface area contributed by atoms with Gasteiger partial charge in [-0.05, 0) is 37.0 Å². The smallest absolute Gasteiger partial charge is 0.250 e. The van der Waals surface area contributed by atoms with Crippen molar-refractivity contribution in [2.45, 2.75) is 58.2 Å². The summed E-state index contributed by atoms with van der Waals surface area (Å²) in [5, 5.41) is 0. The van der Waals surface area contributed by atoms with Gasteiger partial charge in [0.05, 0.1) is 5.76 Å². The van der Waals surface area contributed by atoms with Crippen LogP contribution >= 0.6 is 0 Å². The third-order valence-corrected chi connectivity index (χ3v) is 7.84. The monoisotopic (exact) mass is 198 g/mol. The van der Waals surface area contributed by atoms with Crippen molar-refractivity contribution < 1.29 is 4.43 Å². The van der Waals surface area contributed by atoms with E-state index in [0.717, 1.165) is 0 Å². The maximum absolute atomic E-state index is 6.25. The van der Waals surface area contributed by atoms with Gasteiger partial charge in [0.25, 0.3) is 0 Å². The van der Waals surface area contributed by atoms with Crippen molar-refractivity contribution in [2.75, 3.05) is 0 Å². The van der Waals surface area contributed by atoms with E-state index < -0.39 is 8.32 Å². The van der Waals surface area contributed by atoms with Gasteiger partial charge in [0.1, 0.15) is 0 Å². The molecule has 0 fully saturated rings. The molecule has 0 spiro atoms. The van der Waals surface area contributed by atoms with Crippen molar-refractivity contribution in [1.82, 2.24) is 0 Å². The standard InChI is InChI=1S/C11H22OSi/c1-4-13(5-2,6-3)12-11-9-7-8-10-11/h9H,4-8,10H2,1-3H3. The molecule has 1 aliphatic carbocycles. The molecule has 1 nitrogen and oxygen atoms in total. The van der Waals surface area contributed by atoms with Crippen LogP contribution in [0.2, 0.25) is 18.1 Å². The van der Waals surface area contributed by atoms with Crippen molar-refractivity contribution >= 4 is 8.32 Å². The van der Waals surface area contributed by atoms with Crippen molar-refractivity contribution in [1.29, 1.82) is 0 Å². The summed E-state index contributed by atoms with van der Waals surface area (Å²) in [6.07, 6.45) is 6.02. The fourth-order valence-electron chi connectivity index (χ4n) is 1.98. The highest BCUT2D eigenvalue weighted by molar-refractivity contribution is 6.73. The van der Waals surface area contributed by atoms with Gasteiger partial charge in [0, 0.05) is 6.42 Å². The van der Waals surface area contributed by atoms with E-state index in [9.17, 15) is 0 Å². The van der Waals surface area contributed by atoms with E-state index in [4.69, 9.17) is 4.43 Å². The van der Waals surface area contributed by atoms with E-state index in [2.05, 4.69) is 26.8 Å². The number of hydrogen-bond donors (Lipinski definition) is 0. The second-order valence-corrected chi connectivity index (χ2v) is 8.60. The van der Waals surface area contributed by atoms with Crippen LogP contribution in [0.15, 0.2) is 11.8 Å². The lowest BCUT2D eigenvalue weighted by Crippen LogP contribution is -2.35. The first kappa shape index (κ1) is 10.8. The lowest BCUT2D eigenvalue weighted by Gasteiger charge is -2.29. The molecule has 0 bridgehead atoms. The summed E-state index contributed by atoms with van der Waals surface area (Å²) in [7, 11) is -1.35. The molecule has 1 rings (SSSR count). The van der Waals surface area contributed by atoms with Crippen molar-refractivity contribution in [3.8, 4) is 0 Å². The molecule has 13 heavy (non-hydrogen) atoms. The molecule has 2 heteroatoms. The van der Waals surface area contributed by atoms with E-state index in [-0.39, 0.29) is 0 Å². The summed E-state index contributed by atoms with van der Waals surface area (Å²) < 4.78 is 6.25. The van der Waals surface area contributed by atoms with Crippen LogP contribution in [0.1, 0.15) is 40.0 Å². The van der Waals surface area contributed by atoms with Crippen LogP contribution in [0.25, 0.3) is 0 Å². The van der Waals surface area contributed by atoms with Crippen LogP contribution in [0.4, 0.5) is 0 Å². The number of allylic oxidation sites excluding steroid dienone is 2. The average molecular weight is 198 g/mol. The Bertz CT molecular complexity index is 174. The van der Waals surface area contributed by atoms with E-state index >= 15 is 0 Å². The van der Waals surface area contributed by atoms with Crippen LogP contribution < -0.4 is 0 Å². The quantitative estimate of drug-likeness (QED) is 0.605. The minimum atomic E-state index is -1.35. The molecule has 0 N–H and O–H groups in total. The van der Waals surface area contributed by atoms with Crippen molar-refractivity contribution in [3.05, 3.63) is 11.8 Å². The normalized spacial score (nSPS) is 17.3. The second kappa shape index (κ2) is 4.84. The Balaban J connectivity index is 2.55. The predicted molar refractivity (Wildman–Crippen MR) is 60.2 cm³/mol. The minimum absolute atomic E-state index is 1.19. The molecule has 0 saturated heterocycles. The fraction of sp³-hybridized carbons (Fsp3) is 0.818. The van der Waals surface area contributed by atoms with Gasteiger partial charge in [0.15, 0.2) is 0 Å². The van der Waals surface area contributed by atoms with E-state index in [1.807, 2.05) is 0 Å². The fourth-order valence-corrected chi connectivity index (χ4v) is 4.65. The van der Waals surface area contributed by atoms with Crippen molar-refractivity contribution in [2.24, 2.45) is 0 Å². The lowest BCUT2D eigenvalue weighted by atomic mass is 10.4. The summed E-state index contributed by atoms with van der Waals surface area (Å²) in [6.45, 7) is 6.86. The molecule has 0 aromatic rings. The van der Waals surface area contributed by atoms with Crippen LogP contribution in [0.5, 0.6) is 0 Å². The predicted octanol–water partition coefficient (Wildman–Crippen LogP) is 4.08. The van der Waals surface area contributed by atoms with Gasteiger partial charge in [-0.15, -0.1) is 0 Å². The van der Waals surface area contributed by atoms with Gasteiger partial charge in [-0.1, -0.05) is 20.8 Å². The second-order valence-electron chi connectivity index (χ2n) is 3.91. The Kier molecular flexibility index (Phi) is 4.04. The zero-order valence-corrected chi connectivity index (χ0v) is 10.2. The summed E-state index contributed by atoms with van der Waals surface area (Å²) in [5.41, 5.74) is 0. The Morgan fingerprint density at radius 1 is 1.23 bits per heavy atom. The Labute approximate surface area is 83.3 Å². The van der Waals surface area contributed by atoms with Gasteiger partial charge >= 0.3 is 0 Å². The molecule has 0 aromatic carbocycles. The van der Waals surface area contributed by atoms with Gasteiger partial charge in [-0.3, -0.25) is 0 Å². The van der Waals surface area contributed by atoms with Gasteiger partial charge < -0.3 is 4.43 Å². The average Bonchev–Trinajstić information content (AvgIpc) is 2.67. The number of rotatable bonds is 5. The zero-order valence-electron chi connectivity index (χ0n) is 9.23. The Morgan fingerprint density at radius 3 is 2.23 bits per heavy atom. The molecule has 0 radical (unpaired) electrons. The molecular weight excluding hydrogens is 176 g/mol. The Morgan fingerprint density at radius 2 is 1.85 bits per heavy atom. The van der Waals surface area contributed by atoms with Crippen LogP contribution in [0, 0.1) is 0 Å². The maximum atomic E-state index is 6.25. The summed E-state index contributed by atoms with van der Waals surface area (Å²) in [5.74, 6) is 1.30. The summed E-state index contributed by atoms with van der Waals surface area (Å²) >= 11 is 0. The van der Waals surface area contributed by atoms with Gasteiger partial charge in [-0.2, -0.15) is 0 Å². The summed E-state index contributed by atoms with van der Waals surface area (Å²) in [6, 6.07) is 3.78. The molecule has 0 amide bonds. The first-order chi connectivity index (χ1) is 6.26.